The van der Waals surface area contributed by atoms with Crippen LogP contribution >= 0.6 is 0 Å². The van der Waals surface area contributed by atoms with Gasteiger partial charge in [0.15, 0.2) is 0 Å². The maximum atomic E-state index is 13.4. The molecule has 2 aromatic rings. The van der Waals surface area contributed by atoms with Crippen LogP contribution in [0.15, 0.2) is 35.1 Å². The Morgan fingerprint density at radius 2 is 2.17 bits per heavy atom. The number of furan rings is 1. The molecule has 4 nitrogen and oxygen atoms in total. The highest BCUT2D eigenvalue weighted by Gasteiger charge is 2.23. The van der Waals surface area contributed by atoms with E-state index >= 15 is 0 Å². The predicted molar refractivity (Wildman–Crippen MR) is 66.5 cm³/mol. The molecule has 1 unspecified atom stereocenters. The van der Waals surface area contributed by atoms with E-state index in [0.29, 0.717) is 12.3 Å². The molecule has 2 heterocycles. The Labute approximate surface area is 104 Å². The molecule has 1 atom stereocenters. The summed E-state index contributed by atoms with van der Waals surface area (Å²) in [5.41, 5.74) is 2.58. The van der Waals surface area contributed by atoms with Crippen molar-refractivity contribution in [2.24, 2.45) is 0 Å². The third kappa shape index (κ3) is 1.77. The Balaban J connectivity index is 1.94. The third-order valence-corrected chi connectivity index (χ3v) is 3.06. The van der Waals surface area contributed by atoms with Crippen molar-refractivity contribution in [3.8, 4) is 5.75 Å². The van der Waals surface area contributed by atoms with Gasteiger partial charge in [-0.15, -0.1) is 0 Å². The van der Waals surface area contributed by atoms with Gasteiger partial charge in [-0.2, -0.15) is 0 Å². The first-order valence-electron chi connectivity index (χ1n) is 5.68. The molecule has 3 rings (SSSR count). The van der Waals surface area contributed by atoms with Crippen LogP contribution in [0.5, 0.6) is 5.75 Å². The highest BCUT2D eigenvalue weighted by Crippen LogP contribution is 2.35. The Morgan fingerprint density at radius 1 is 1.33 bits per heavy atom. The predicted octanol–water partition coefficient (Wildman–Crippen LogP) is 3.01. The maximum absolute atomic E-state index is 13.4. The van der Waals surface area contributed by atoms with Crippen LogP contribution in [0.3, 0.4) is 0 Å². The fourth-order valence-corrected chi connectivity index (χ4v) is 2.16. The van der Waals surface area contributed by atoms with Crippen molar-refractivity contribution in [1.29, 1.82) is 0 Å². The van der Waals surface area contributed by atoms with Gasteiger partial charge in [0, 0.05) is 12.1 Å². The molecule has 1 aliphatic heterocycles. The molecule has 5 heteroatoms. The molecular formula is C13H13FN2O2. The van der Waals surface area contributed by atoms with Gasteiger partial charge in [-0.1, -0.05) is 0 Å². The summed E-state index contributed by atoms with van der Waals surface area (Å²) >= 11 is 0. The van der Waals surface area contributed by atoms with E-state index in [2.05, 4.69) is 10.6 Å². The minimum absolute atomic E-state index is 0.0549. The van der Waals surface area contributed by atoms with Gasteiger partial charge in [-0.3, -0.25) is 0 Å². The van der Waals surface area contributed by atoms with E-state index in [-0.39, 0.29) is 11.9 Å². The zero-order valence-electron chi connectivity index (χ0n) is 9.87. The summed E-state index contributed by atoms with van der Waals surface area (Å²) in [6.07, 6.45) is 3.27. The first-order chi connectivity index (χ1) is 8.78. The SMILES string of the molecule is COc1ccc(F)cc1C1CNc2cocc2N1. The Morgan fingerprint density at radius 3 is 3.00 bits per heavy atom. The molecule has 2 N–H and O–H groups in total. The lowest BCUT2D eigenvalue weighted by Gasteiger charge is -2.27. The second-order valence-corrected chi connectivity index (χ2v) is 4.16. The third-order valence-electron chi connectivity index (χ3n) is 3.06. The van der Waals surface area contributed by atoms with Crippen LogP contribution in [-0.2, 0) is 0 Å². The molecule has 0 saturated carbocycles. The van der Waals surface area contributed by atoms with Crippen molar-refractivity contribution in [2.45, 2.75) is 6.04 Å². The van der Waals surface area contributed by atoms with Crippen molar-refractivity contribution < 1.29 is 13.5 Å². The van der Waals surface area contributed by atoms with E-state index in [1.165, 1.54) is 12.1 Å². The second kappa shape index (κ2) is 4.25. The number of benzene rings is 1. The summed E-state index contributed by atoms with van der Waals surface area (Å²) in [7, 11) is 1.58. The zero-order chi connectivity index (χ0) is 12.5. The van der Waals surface area contributed by atoms with E-state index in [9.17, 15) is 4.39 Å². The lowest BCUT2D eigenvalue weighted by molar-refractivity contribution is 0.406. The molecule has 0 spiro atoms. The molecule has 0 bridgehead atoms. The maximum Gasteiger partial charge on any atom is 0.124 e. The van der Waals surface area contributed by atoms with Crippen LogP contribution in [0, 0.1) is 5.82 Å². The molecule has 0 radical (unpaired) electrons. The summed E-state index contributed by atoms with van der Waals surface area (Å²) in [4.78, 5) is 0. The summed E-state index contributed by atoms with van der Waals surface area (Å²) < 4.78 is 23.7. The average molecular weight is 248 g/mol. The standard InChI is InChI=1S/C13H13FN2O2/c1-17-13-3-2-8(14)4-9(13)10-5-15-11-6-18-7-12(11)16-10/h2-4,6-7,10,15-16H,5H2,1H3. The first kappa shape index (κ1) is 11.0. The second-order valence-electron chi connectivity index (χ2n) is 4.16. The van der Waals surface area contributed by atoms with Gasteiger partial charge >= 0.3 is 0 Å². The van der Waals surface area contributed by atoms with Crippen LogP contribution < -0.4 is 15.4 Å². The van der Waals surface area contributed by atoms with E-state index < -0.39 is 0 Å². The molecule has 0 aliphatic carbocycles. The van der Waals surface area contributed by atoms with Crippen molar-refractivity contribution in [3.05, 3.63) is 42.1 Å². The number of ether oxygens (including phenoxy) is 1. The average Bonchev–Trinajstić information content (AvgIpc) is 2.85. The topological polar surface area (TPSA) is 46.4 Å². The summed E-state index contributed by atoms with van der Waals surface area (Å²) in [6, 6.07) is 4.46. The van der Waals surface area contributed by atoms with Gasteiger partial charge in [-0.25, -0.2) is 4.39 Å². The highest BCUT2D eigenvalue weighted by molar-refractivity contribution is 5.70. The van der Waals surface area contributed by atoms with Gasteiger partial charge in [0.05, 0.1) is 24.5 Å². The van der Waals surface area contributed by atoms with Crippen molar-refractivity contribution in [2.75, 3.05) is 24.3 Å². The van der Waals surface area contributed by atoms with Gasteiger partial charge in [-0.05, 0) is 18.2 Å². The lowest BCUT2D eigenvalue weighted by Crippen LogP contribution is -2.25. The minimum atomic E-state index is -0.273. The molecule has 0 amide bonds. The summed E-state index contributed by atoms with van der Waals surface area (Å²) in [5.74, 6) is 0.397. The molecule has 0 saturated heterocycles. The van der Waals surface area contributed by atoms with Gasteiger partial charge in [0.2, 0.25) is 0 Å². The normalized spacial score (nSPS) is 17.6. The zero-order valence-corrected chi connectivity index (χ0v) is 9.87. The molecule has 94 valence electrons. The highest BCUT2D eigenvalue weighted by atomic mass is 19.1. The lowest BCUT2D eigenvalue weighted by atomic mass is 10.0. The number of anilines is 2. The van der Waals surface area contributed by atoms with E-state index in [1.54, 1.807) is 25.7 Å². The smallest absolute Gasteiger partial charge is 0.124 e. The van der Waals surface area contributed by atoms with Crippen LogP contribution in [0.2, 0.25) is 0 Å². The fraction of sp³-hybridized carbons (Fsp3) is 0.231. The van der Waals surface area contributed by atoms with Crippen molar-refractivity contribution >= 4 is 11.4 Å². The molecule has 1 aromatic carbocycles. The number of hydrogen-bond acceptors (Lipinski definition) is 4. The van der Waals surface area contributed by atoms with Crippen LogP contribution in [-0.4, -0.2) is 13.7 Å². The van der Waals surface area contributed by atoms with E-state index in [1.807, 2.05) is 0 Å². The number of fused-ring (bicyclic) bond motifs is 1. The largest absolute Gasteiger partial charge is 0.496 e. The monoisotopic (exact) mass is 248 g/mol. The van der Waals surface area contributed by atoms with Gasteiger partial charge in [0.1, 0.15) is 24.1 Å². The number of halogens is 1. The molecular weight excluding hydrogens is 235 g/mol. The quantitative estimate of drug-likeness (QED) is 0.857. The first-order valence-corrected chi connectivity index (χ1v) is 5.68. The Kier molecular flexibility index (Phi) is 2.59. The molecule has 1 aliphatic rings. The number of nitrogens with one attached hydrogen (secondary N) is 2. The van der Waals surface area contributed by atoms with E-state index in [0.717, 1.165) is 16.9 Å². The van der Waals surface area contributed by atoms with Crippen LogP contribution in [0.25, 0.3) is 0 Å². The van der Waals surface area contributed by atoms with Crippen molar-refractivity contribution in [1.82, 2.24) is 0 Å². The number of methoxy groups -OCH3 is 1. The summed E-state index contributed by atoms with van der Waals surface area (Å²) in [6.45, 7) is 0.645. The summed E-state index contributed by atoms with van der Waals surface area (Å²) in [5, 5.41) is 6.52. The van der Waals surface area contributed by atoms with Crippen molar-refractivity contribution in [3.63, 3.8) is 0 Å². The van der Waals surface area contributed by atoms with Gasteiger partial charge < -0.3 is 19.8 Å². The number of rotatable bonds is 2. The Bertz CT molecular complexity index is 568. The van der Waals surface area contributed by atoms with Gasteiger partial charge in [0.25, 0.3) is 0 Å². The van der Waals surface area contributed by atoms with E-state index in [4.69, 9.17) is 9.15 Å². The number of hydrogen-bond donors (Lipinski definition) is 2. The molecule has 18 heavy (non-hydrogen) atoms. The minimum Gasteiger partial charge on any atom is -0.496 e. The molecule has 0 fully saturated rings. The molecule has 1 aromatic heterocycles. The van der Waals surface area contributed by atoms with Crippen LogP contribution in [0.4, 0.5) is 15.8 Å². The fourth-order valence-electron chi connectivity index (χ4n) is 2.16. The Hall–Kier alpha value is -2.17. The van der Waals surface area contributed by atoms with Crippen LogP contribution in [0.1, 0.15) is 11.6 Å².